The zero-order chi connectivity index (χ0) is 33.3. The number of carbonyl (C=O) groups excluding carboxylic acids is 4. The molecule has 8 bridgehead atoms. The first-order valence-corrected chi connectivity index (χ1v) is 15.1. The van der Waals surface area contributed by atoms with Gasteiger partial charge in [0, 0.05) is 42.3 Å². The number of aromatic amines is 2. The average molecular weight is 629 g/mol. The molecule has 0 aliphatic carbocycles. The summed E-state index contributed by atoms with van der Waals surface area (Å²) in [5.74, 6) is -1.98. The third-order valence-corrected chi connectivity index (χ3v) is 9.12. The minimum Gasteiger partial charge on any atom is -0.460 e. The average Bonchev–Trinajstić information content (AvgIpc) is 3.62. The summed E-state index contributed by atoms with van der Waals surface area (Å²) in [5.41, 5.74) is 1.75. The maximum absolute atomic E-state index is 14.4. The number of nitrogens with one attached hydrogen (secondary N) is 2. The normalized spacial score (nSPS) is 27.8. The molecule has 240 valence electrons. The molecule has 6 rings (SSSR count). The molecule has 1 saturated heterocycles. The van der Waals surface area contributed by atoms with Gasteiger partial charge in [-0.05, 0) is 82.1 Å². The van der Waals surface area contributed by atoms with Gasteiger partial charge < -0.3 is 29.3 Å². The molecule has 3 aliphatic rings. The van der Waals surface area contributed by atoms with Crippen LogP contribution in [-0.4, -0.2) is 73.0 Å². The Morgan fingerprint density at radius 1 is 0.870 bits per heavy atom. The van der Waals surface area contributed by atoms with Crippen molar-refractivity contribution in [2.45, 2.75) is 90.3 Å². The van der Waals surface area contributed by atoms with E-state index in [1.807, 2.05) is 26.0 Å². The summed E-state index contributed by atoms with van der Waals surface area (Å²) in [7, 11) is 0. The second-order valence-electron chi connectivity index (χ2n) is 12.7. The Hall–Kier alpha value is -4.68. The van der Waals surface area contributed by atoms with Gasteiger partial charge in [-0.15, -0.1) is 0 Å². The molecule has 0 radical (unpaired) electrons. The van der Waals surface area contributed by atoms with E-state index in [0.29, 0.717) is 27.8 Å². The Balaban J connectivity index is 1.64. The van der Waals surface area contributed by atoms with E-state index in [1.54, 1.807) is 38.1 Å². The number of ether oxygens (including phenoxy) is 3. The van der Waals surface area contributed by atoms with E-state index >= 15 is 0 Å². The second-order valence-corrected chi connectivity index (χ2v) is 12.7. The third-order valence-electron chi connectivity index (χ3n) is 9.12. The molecule has 0 saturated carbocycles. The van der Waals surface area contributed by atoms with Crippen molar-refractivity contribution >= 4 is 45.6 Å². The van der Waals surface area contributed by atoms with Crippen LogP contribution in [0.25, 0.3) is 22.1 Å². The Bertz CT molecular complexity index is 1980. The molecule has 6 heterocycles. The quantitative estimate of drug-likeness (QED) is 0.357. The SMILES string of the molecule is CC(=O)O[C@@H]1C[C@@H](O)[C@@H](C)O[C@H]1C1(C)C(=O)c2cc3cc(C)c(cc4nc(cc5[nH]c(cc1n2)cc5C)C(=O)C4(C)OC(C)=O)[nH]3. The molecule has 3 N–H and O–H groups in total. The van der Waals surface area contributed by atoms with Crippen LogP contribution in [0, 0.1) is 13.8 Å². The van der Waals surface area contributed by atoms with E-state index in [2.05, 4.69) is 15.0 Å². The number of ketones is 2. The molecule has 3 aromatic heterocycles. The fourth-order valence-corrected chi connectivity index (χ4v) is 6.56. The lowest BCUT2D eigenvalue weighted by Crippen LogP contribution is -2.57. The van der Waals surface area contributed by atoms with Gasteiger partial charge in [-0.1, -0.05) is 0 Å². The summed E-state index contributed by atoms with van der Waals surface area (Å²) in [6.45, 7) is 11.2. The van der Waals surface area contributed by atoms with Crippen molar-refractivity contribution < 1.29 is 38.5 Å². The number of H-pyrrole nitrogens is 2. The molecule has 3 aliphatic heterocycles. The van der Waals surface area contributed by atoms with Crippen LogP contribution in [0.5, 0.6) is 0 Å². The number of Topliss-reactive ketones (excluding diaryl/α,β-unsaturated/α-hetero) is 2. The Labute approximate surface area is 264 Å². The van der Waals surface area contributed by atoms with Crippen LogP contribution in [0.3, 0.4) is 0 Å². The van der Waals surface area contributed by atoms with Crippen LogP contribution >= 0.6 is 0 Å². The number of aryl methyl sites for hydroxylation is 2. The largest absolute Gasteiger partial charge is 0.460 e. The van der Waals surface area contributed by atoms with E-state index in [9.17, 15) is 24.3 Å². The van der Waals surface area contributed by atoms with Gasteiger partial charge in [0.15, 0.2) is 5.78 Å². The number of esters is 2. The highest BCUT2D eigenvalue weighted by Crippen LogP contribution is 2.42. The molecule has 12 heteroatoms. The molecule has 0 amide bonds. The smallest absolute Gasteiger partial charge is 0.304 e. The number of nitrogens with zero attached hydrogens (tertiary/aromatic N) is 2. The summed E-state index contributed by atoms with van der Waals surface area (Å²) in [4.78, 5) is 68.2. The maximum atomic E-state index is 14.4. The van der Waals surface area contributed by atoms with Crippen LogP contribution in [0.1, 0.15) is 84.5 Å². The fraction of sp³-hybridized carbons (Fsp3) is 0.412. The zero-order valence-electron chi connectivity index (χ0n) is 26.7. The standard InChI is InChI=1S/C34H36N4O8/c1-15-9-21-11-28-33(6,32-27(45-18(4)39)14-26(41)17(3)44-32)30(42)24(37-28)10-20-8-16(2)23(35-20)13-29-34(7,46-19(5)40)31(43)25(38-29)12-22(15)36-21/h8-13,17,26-27,32,35-36,41H,14H2,1-7H3/t17-,26-,27-,32-,33?,34?/m1/s1. The maximum Gasteiger partial charge on any atom is 0.304 e. The lowest BCUT2D eigenvalue weighted by Gasteiger charge is -2.44. The van der Waals surface area contributed by atoms with Crippen LogP contribution in [0.4, 0.5) is 0 Å². The second kappa shape index (κ2) is 11.0. The number of hydrogen-bond donors (Lipinski definition) is 3. The van der Waals surface area contributed by atoms with Gasteiger partial charge in [-0.3, -0.25) is 19.2 Å². The monoisotopic (exact) mass is 628 g/mol. The topological polar surface area (TPSA) is 174 Å². The molecule has 0 aromatic carbocycles. The Morgan fingerprint density at radius 3 is 2.09 bits per heavy atom. The highest BCUT2D eigenvalue weighted by atomic mass is 16.6. The molecule has 2 unspecified atom stereocenters. The number of carbonyl (C=O) groups is 4. The van der Waals surface area contributed by atoms with Gasteiger partial charge in [-0.2, -0.15) is 0 Å². The Morgan fingerprint density at radius 2 is 1.46 bits per heavy atom. The molecular weight excluding hydrogens is 592 g/mol. The number of aliphatic hydroxyl groups excluding tert-OH is 1. The van der Waals surface area contributed by atoms with Gasteiger partial charge in [0.05, 0.1) is 23.6 Å². The van der Waals surface area contributed by atoms with Crippen molar-refractivity contribution in [2.75, 3.05) is 0 Å². The van der Waals surface area contributed by atoms with E-state index < -0.39 is 53.2 Å². The lowest BCUT2D eigenvalue weighted by molar-refractivity contribution is -0.197. The minimum absolute atomic E-state index is 0.0948. The summed E-state index contributed by atoms with van der Waals surface area (Å²) in [6.07, 6.45) is -3.27. The number of hydrogen-bond acceptors (Lipinski definition) is 10. The van der Waals surface area contributed by atoms with Crippen molar-refractivity contribution in [2.24, 2.45) is 0 Å². The van der Waals surface area contributed by atoms with E-state index in [0.717, 1.165) is 11.1 Å². The first-order chi connectivity index (χ1) is 21.6. The summed E-state index contributed by atoms with van der Waals surface area (Å²) in [6, 6.07) is 10.3. The molecule has 3 aromatic rings. The summed E-state index contributed by atoms with van der Waals surface area (Å²) < 4.78 is 17.4. The minimum atomic E-state index is -1.64. The van der Waals surface area contributed by atoms with Crippen LogP contribution in [0.15, 0.2) is 36.4 Å². The third kappa shape index (κ3) is 5.11. The van der Waals surface area contributed by atoms with Gasteiger partial charge in [0.1, 0.15) is 29.0 Å². The predicted octanol–water partition coefficient (Wildman–Crippen LogP) is 4.20. The van der Waals surface area contributed by atoms with Crippen molar-refractivity contribution in [1.29, 1.82) is 0 Å². The lowest BCUT2D eigenvalue weighted by atomic mass is 9.73. The molecule has 6 atom stereocenters. The molecule has 46 heavy (non-hydrogen) atoms. The number of aromatic nitrogens is 4. The van der Waals surface area contributed by atoms with Crippen LogP contribution in [0.2, 0.25) is 0 Å². The highest BCUT2D eigenvalue weighted by molar-refractivity contribution is 6.06. The molecule has 12 nitrogen and oxygen atoms in total. The summed E-state index contributed by atoms with van der Waals surface area (Å²) >= 11 is 0. The van der Waals surface area contributed by atoms with Crippen molar-refractivity contribution in [3.05, 3.63) is 70.3 Å². The first kappa shape index (κ1) is 31.3. The van der Waals surface area contributed by atoms with Gasteiger partial charge >= 0.3 is 11.9 Å². The van der Waals surface area contributed by atoms with Crippen molar-refractivity contribution in [3.63, 3.8) is 0 Å². The first-order valence-electron chi connectivity index (χ1n) is 15.1. The molecular formula is C34H36N4O8. The summed E-state index contributed by atoms with van der Waals surface area (Å²) in [5, 5.41) is 10.6. The van der Waals surface area contributed by atoms with Crippen molar-refractivity contribution in [3.8, 4) is 0 Å². The molecule has 1 fully saturated rings. The number of aliphatic hydroxyl groups is 1. The number of fused-ring (bicyclic) bond motifs is 8. The Kier molecular flexibility index (Phi) is 7.48. The number of rotatable bonds is 3. The highest BCUT2D eigenvalue weighted by Gasteiger charge is 2.56. The molecule has 0 spiro atoms. The van der Waals surface area contributed by atoms with E-state index in [-0.39, 0.29) is 29.3 Å². The van der Waals surface area contributed by atoms with Gasteiger partial charge in [-0.25, -0.2) is 9.97 Å². The van der Waals surface area contributed by atoms with Gasteiger partial charge in [0.25, 0.3) is 0 Å². The van der Waals surface area contributed by atoms with E-state index in [1.165, 1.54) is 20.8 Å². The predicted molar refractivity (Wildman–Crippen MR) is 166 cm³/mol. The van der Waals surface area contributed by atoms with Crippen LogP contribution in [-0.2, 0) is 34.8 Å². The van der Waals surface area contributed by atoms with E-state index in [4.69, 9.17) is 19.2 Å². The fourth-order valence-electron chi connectivity index (χ4n) is 6.56. The van der Waals surface area contributed by atoms with Gasteiger partial charge in [0.2, 0.25) is 11.4 Å². The van der Waals surface area contributed by atoms with Crippen LogP contribution < -0.4 is 0 Å². The zero-order valence-corrected chi connectivity index (χ0v) is 26.7. The van der Waals surface area contributed by atoms with Crippen molar-refractivity contribution in [1.82, 2.24) is 19.9 Å².